The van der Waals surface area contributed by atoms with Crippen LogP contribution in [0.3, 0.4) is 0 Å². The molecule has 1 aliphatic rings. The average Bonchev–Trinajstić information content (AvgIpc) is 2.30. The molecule has 4 heteroatoms. The number of nitrogens with zero attached hydrogens (tertiary/aromatic N) is 1. The quantitative estimate of drug-likeness (QED) is 0.790. The largest absolute Gasteiger partial charge is 0.492 e. The van der Waals surface area contributed by atoms with Gasteiger partial charge in [0.05, 0.1) is 0 Å². The zero-order valence-electron chi connectivity index (χ0n) is 11.2. The molecule has 18 heavy (non-hydrogen) atoms. The Morgan fingerprint density at radius 3 is 2.44 bits per heavy atom. The fraction of sp³-hybridized carbons (Fsp3) is 0.571. The molecule has 1 aromatic rings. The molecular weight excluding hydrogens is 226 g/mol. The second-order valence-electron chi connectivity index (χ2n) is 5.15. The van der Waals surface area contributed by atoms with Crippen molar-refractivity contribution in [3.8, 4) is 5.75 Å². The number of anilines is 1. The summed E-state index contributed by atoms with van der Waals surface area (Å²) in [6, 6.07) is 8.68. The first-order chi connectivity index (χ1) is 8.63. The Morgan fingerprint density at radius 1 is 1.22 bits per heavy atom. The Bertz CT molecular complexity index is 356. The van der Waals surface area contributed by atoms with E-state index >= 15 is 0 Å². The van der Waals surface area contributed by atoms with Gasteiger partial charge in [0.2, 0.25) is 0 Å². The van der Waals surface area contributed by atoms with Crippen molar-refractivity contribution in [1.29, 1.82) is 0 Å². The Morgan fingerprint density at radius 2 is 1.83 bits per heavy atom. The van der Waals surface area contributed by atoms with Crippen molar-refractivity contribution >= 4 is 5.69 Å². The minimum absolute atomic E-state index is 0.560. The highest BCUT2D eigenvalue weighted by molar-refractivity contribution is 5.41. The predicted molar refractivity (Wildman–Crippen MR) is 74.8 cm³/mol. The van der Waals surface area contributed by atoms with Crippen molar-refractivity contribution in [2.75, 3.05) is 32.0 Å². The minimum Gasteiger partial charge on any atom is -0.492 e. The van der Waals surface area contributed by atoms with E-state index in [9.17, 15) is 0 Å². The second kappa shape index (κ2) is 6.07. The number of rotatable bonds is 4. The zero-order valence-corrected chi connectivity index (χ0v) is 11.2. The Labute approximate surface area is 109 Å². The van der Waals surface area contributed by atoms with E-state index in [1.165, 1.54) is 0 Å². The maximum atomic E-state index is 5.72. The molecule has 4 nitrogen and oxygen atoms in total. The van der Waals surface area contributed by atoms with E-state index in [4.69, 9.17) is 10.5 Å². The SMILES string of the molecule is CC1CN(CCOc2ccc(N)cc2)CC(C)N1. The summed E-state index contributed by atoms with van der Waals surface area (Å²) in [7, 11) is 0. The molecule has 2 unspecified atom stereocenters. The van der Waals surface area contributed by atoms with Crippen molar-refractivity contribution in [2.45, 2.75) is 25.9 Å². The Balaban J connectivity index is 1.73. The normalized spacial score (nSPS) is 25.0. The van der Waals surface area contributed by atoms with Crippen LogP contribution in [0, 0.1) is 0 Å². The van der Waals surface area contributed by atoms with Crippen LogP contribution in [0.15, 0.2) is 24.3 Å². The number of benzene rings is 1. The first-order valence-corrected chi connectivity index (χ1v) is 6.60. The first kappa shape index (κ1) is 13.2. The van der Waals surface area contributed by atoms with E-state index in [-0.39, 0.29) is 0 Å². The van der Waals surface area contributed by atoms with E-state index in [2.05, 4.69) is 24.1 Å². The lowest BCUT2D eigenvalue weighted by Gasteiger charge is -2.35. The van der Waals surface area contributed by atoms with Crippen LogP contribution in [-0.2, 0) is 0 Å². The van der Waals surface area contributed by atoms with Crippen LogP contribution >= 0.6 is 0 Å². The van der Waals surface area contributed by atoms with Gasteiger partial charge in [0.25, 0.3) is 0 Å². The monoisotopic (exact) mass is 249 g/mol. The molecule has 0 saturated carbocycles. The summed E-state index contributed by atoms with van der Waals surface area (Å²) >= 11 is 0. The average molecular weight is 249 g/mol. The number of hydrogen-bond acceptors (Lipinski definition) is 4. The molecule has 0 radical (unpaired) electrons. The predicted octanol–water partition coefficient (Wildman–Crippen LogP) is 1.33. The highest BCUT2D eigenvalue weighted by Crippen LogP contribution is 2.13. The number of ether oxygens (including phenoxy) is 1. The third-order valence-electron chi connectivity index (χ3n) is 3.19. The fourth-order valence-corrected chi connectivity index (χ4v) is 2.48. The highest BCUT2D eigenvalue weighted by Gasteiger charge is 2.20. The van der Waals surface area contributed by atoms with Gasteiger partial charge < -0.3 is 15.8 Å². The van der Waals surface area contributed by atoms with Crippen LogP contribution in [0.2, 0.25) is 0 Å². The van der Waals surface area contributed by atoms with Gasteiger partial charge >= 0.3 is 0 Å². The molecule has 2 rings (SSSR count). The van der Waals surface area contributed by atoms with Crippen LogP contribution in [0.5, 0.6) is 5.75 Å². The third-order valence-corrected chi connectivity index (χ3v) is 3.19. The van der Waals surface area contributed by atoms with E-state index < -0.39 is 0 Å². The summed E-state index contributed by atoms with van der Waals surface area (Å²) in [5.41, 5.74) is 6.40. The van der Waals surface area contributed by atoms with Crippen LogP contribution in [-0.4, -0.2) is 43.2 Å². The smallest absolute Gasteiger partial charge is 0.119 e. The van der Waals surface area contributed by atoms with Crippen molar-refractivity contribution in [1.82, 2.24) is 10.2 Å². The number of nitrogens with one attached hydrogen (secondary N) is 1. The van der Waals surface area contributed by atoms with E-state index in [0.29, 0.717) is 12.1 Å². The summed E-state index contributed by atoms with van der Waals surface area (Å²) in [5.74, 6) is 0.889. The van der Waals surface area contributed by atoms with Crippen LogP contribution in [0.4, 0.5) is 5.69 Å². The summed E-state index contributed by atoms with van der Waals surface area (Å²) in [5, 5.41) is 3.53. The number of nitrogens with two attached hydrogens (primary N) is 1. The minimum atomic E-state index is 0.560. The molecule has 0 aromatic heterocycles. The molecule has 0 aliphatic carbocycles. The van der Waals surface area contributed by atoms with Gasteiger partial charge in [0.1, 0.15) is 12.4 Å². The molecule has 1 aliphatic heterocycles. The summed E-state index contributed by atoms with van der Waals surface area (Å²) < 4.78 is 5.72. The summed E-state index contributed by atoms with van der Waals surface area (Å²) in [4.78, 5) is 2.45. The van der Waals surface area contributed by atoms with Gasteiger partial charge in [-0.15, -0.1) is 0 Å². The second-order valence-corrected chi connectivity index (χ2v) is 5.15. The molecule has 1 saturated heterocycles. The molecule has 3 N–H and O–H groups in total. The van der Waals surface area contributed by atoms with Gasteiger partial charge in [-0.3, -0.25) is 4.90 Å². The number of nitrogen functional groups attached to an aromatic ring is 1. The highest BCUT2D eigenvalue weighted by atomic mass is 16.5. The molecule has 1 aromatic carbocycles. The lowest BCUT2D eigenvalue weighted by atomic mass is 10.1. The first-order valence-electron chi connectivity index (χ1n) is 6.60. The van der Waals surface area contributed by atoms with Crippen molar-refractivity contribution < 1.29 is 4.74 Å². The Hall–Kier alpha value is -1.26. The molecule has 1 heterocycles. The van der Waals surface area contributed by atoms with Crippen LogP contribution in [0.1, 0.15) is 13.8 Å². The molecule has 100 valence electrons. The van der Waals surface area contributed by atoms with Crippen molar-refractivity contribution in [3.63, 3.8) is 0 Å². The van der Waals surface area contributed by atoms with Gasteiger partial charge in [-0.1, -0.05) is 0 Å². The molecule has 1 fully saturated rings. The van der Waals surface area contributed by atoms with Crippen LogP contribution < -0.4 is 15.8 Å². The van der Waals surface area contributed by atoms with E-state index in [0.717, 1.165) is 37.7 Å². The van der Waals surface area contributed by atoms with Gasteiger partial charge in [-0.25, -0.2) is 0 Å². The lowest BCUT2D eigenvalue weighted by Crippen LogP contribution is -2.54. The maximum absolute atomic E-state index is 5.72. The standard InChI is InChI=1S/C14H23N3O/c1-11-9-17(10-12(2)16-11)7-8-18-14-5-3-13(15)4-6-14/h3-6,11-12,16H,7-10,15H2,1-2H3. The molecule has 0 amide bonds. The van der Waals surface area contributed by atoms with Gasteiger partial charge in [0, 0.05) is 37.4 Å². The molecule has 2 atom stereocenters. The zero-order chi connectivity index (χ0) is 13.0. The number of piperazine rings is 1. The van der Waals surface area contributed by atoms with Crippen LogP contribution in [0.25, 0.3) is 0 Å². The summed E-state index contributed by atoms with van der Waals surface area (Å²) in [6.45, 7) is 8.34. The molecule has 0 bridgehead atoms. The summed E-state index contributed by atoms with van der Waals surface area (Å²) in [6.07, 6.45) is 0. The number of hydrogen-bond donors (Lipinski definition) is 2. The van der Waals surface area contributed by atoms with Gasteiger partial charge in [-0.05, 0) is 38.1 Å². The van der Waals surface area contributed by atoms with Crippen molar-refractivity contribution in [2.24, 2.45) is 0 Å². The topological polar surface area (TPSA) is 50.5 Å². The van der Waals surface area contributed by atoms with Gasteiger partial charge in [-0.2, -0.15) is 0 Å². The third kappa shape index (κ3) is 3.89. The van der Waals surface area contributed by atoms with Crippen molar-refractivity contribution in [3.05, 3.63) is 24.3 Å². The maximum Gasteiger partial charge on any atom is 0.119 e. The molecular formula is C14H23N3O. The fourth-order valence-electron chi connectivity index (χ4n) is 2.48. The Kier molecular flexibility index (Phi) is 4.44. The van der Waals surface area contributed by atoms with Gasteiger partial charge in [0.15, 0.2) is 0 Å². The van der Waals surface area contributed by atoms with E-state index in [1.54, 1.807) is 0 Å². The lowest BCUT2D eigenvalue weighted by molar-refractivity contribution is 0.146. The molecule has 0 spiro atoms. The van der Waals surface area contributed by atoms with E-state index in [1.807, 2.05) is 24.3 Å².